The van der Waals surface area contributed by atoms with Crippen LogP contribution in [-0.4, -0.2) is 40.8 Å². The molecule has 0 radical (unpaired) electrons. The number of fused-ring (bicyclic) bond motifs is 1. The van der Waals surface area contributed by atoms with Crippen molar-refractivity contribution in [1.29, 1.82) is 0 Å². The van der Waals surface area contributed by atoms with Crippen LogP contribution in [0.5, 0.6) is 0 Å². The van der Waals surface area contributed by atoms with Gasteiger partial charge in [-0.25, -0.2) is 8.78 Å². The Balaban J connectivity index is 1.53. The fourth-order valence-electron chi connectivity index (χ4n) is 3.60. The summed E-state index contributed by atoms with van der Waals surface area (Å²) >= 11 is 0. The van der Waals surface area contributed by atoms with Crippen LogP contribution in [0, 0.1) is 11.6 Å². The van der Waals surface area contributed by atoms with Crippen LogP contribution in [0.15, 0.2) is 36.4 Å². The van der Waals surface area contributed by atoms with Gasteiger partial charge in [0.05, 0.1) is 6.54 Å². The Labute approximate surface area is 174 Å². The maximum atomic E-state index is 13.8. The second-order valence-corrected chi connectivity index (χ2v) is 7.31. The summed E-state index contributed by atoms with van der Waals surface area (Å²) in [4.78, 5) is 50.2. The normalized spacial score (nSPS) is 20.5. The van der Waals surface area contributed by atoms with Crippen molar-refractivity contribution < 1.29 is 33.1 Å². The number of rotatable bonds is 4. The molecule has 31 heavy (non-hydrogen) atoms. The summed E-state index contributed by atoms with van der Waals surface area (Å²) < 4.78 is 27.1. The molecule has 2 aromatic carbocycles. The van der Waals surface area contributed by atoms with Crippen molar-refractivity contribution in [3.63, 3.8) is 0 Å². The van der Waals surface area contributed by atoms with E-state index in [2.05, 4.69) is 10.6 Å². The number of carbonyl (C=O) groups is 4. The molecule has 3 N–H and O–H groups in total. The Kier molecular flexibility index (Phi) is 5.02. The van der Waals surface area contributed by atoms with Crippen molar-refractivity contribution in [2.45, 2.75) is 25.0 Å². The zero-order chi connectivity index (χ0) is 22.3. The van der Waals surface area contributed by atoms with E-state index in [1.165, 1.54) is 18.2 Å². The zero-order valence-corrected chi connectivity index (χ0v) is 16.1. The first-order valence-electron chi connectivity index (χ1n) is 9.43. The molecule has 0 saturated carbocycles. The number of halogens is 2. The van der Waals surface area contributed by atoms with Gasteiger partial charge < -0.3 is 20.6 Å². The summed E-state index contributed by atoms with van der Waals surface area (Å²) in [5.74, 6) is -5.93. The summed E-state index contributed by atoms with van der Waals surface area (Å²) in [6.45, 7) is -1.06. The van der Waals surface area contributed by atoms with Crippen LogP contribution >= 0.6 is 0 Å². The second kappa shape index (κ2) is 7.55. The van der Waals surface area contributed by atoms with Crippen molar-refractivity contribution in [3.05, 3.63) is 59.2 Å². The third-order valence-electron chi connectivity index (χ3n) is 5.36. The largest absolute Gasteiger partial charge is 0.366 e. The zero-order valence-electron chi connectivity index (χ0n) is 16.1. The van der Waals surface area contributed by atoms with Gasteiger partial charge >= 0.3 is 0 Å². The third kappa shape index (κ3) is 3.44. The van der Waals surface area contributed by atoms with E-state index in [4.69, 9.17) is 0 Å². The van der Waals surface area contributed by atoms with Crippen LogP contribution in [0.25, 0.3) is 0 Å². The molecule has 0 bridgehead atoms. The van der Waals surface area contributed by atoms with E-state index in [0.29, 0.717) is 12.1 Å². The van der Waals surface area contributed by atoms with Crippen LogP contribution < -0.4 is 15.5 Å². The van der Waals surface area contributed by atoms with E-state index >= 15 is 0 Å². The highest BCUT2D eigenvalue weighted by Crippen LogP contribution is 2.31. The minimum Gasteiger partial charge on any atom is -0.366 e. The molecule has 1 atom stereocenters. The molecular weight excluding hydrogens is 412 g/mol. The van der Waals surface area contributed by atoms with E-state index in [-0.39, 0.29) is 23.6 Å². The van der Waals surface area contributed by atoms with Gasteiger partial charge in [-0.1, -0.05) is 12.1 Å². The Bertz CT molecular complexity index is 1140. The van der Waals surface area contributed by atoms with Crippen LogP contribution in [0.1, 0.15) is 17.5 Å². The third-order valence-corrected chi connectivity index (χ3v) is 5.36. The maximum absolute atomic E-state index is 13.8. The number of benzene rings is 2. The van der Waals surface area contributed by atoms with Gasteiger partial charge in [0.2, 0.25) is 11.7 Å². The van der Waals surface area contributed by atoms with Crippen LogP contribution in [0.4, 0.5) is 20.2 Å². The molecule has 2 aromatic rings. The minimum absolute atomic E-state index is 0.131. The number of aryl methyl sites for hydroxylation is 1. The molecule has 8 nitrogen and oxygen atoms in total. The quantitative estimate of drug-likeness (QED) is 0.623. The predicted octanol–water partition coefficient (Wildman–Crippen LogP) is 0.813. The molecule has 0 unspecified atom stereocenters. The van der Waals surface area contributed by atoms with Crippen molar-refractivity contribution in [1.82, 2.24) is 5.32 Å². The lowest BCUT2D eigenvalue weighted by molar-refractivity contribution is -0.155. The Morgan fingerprint density at radius 2 is 1.94 bits per heavy atom. The van der Waals surface area contributed by atoms with Gasteiger partial charge in [-0.15, -0.1) is 0 Å². The maximum Gasteiger partial charge on any atom is 0.283 e. The summed E-state index contributed by atoms with van der Waals surface area (Å²) in [6, 6.07) is 8.02. The number of Topliss-reactive ketones (excluding diaryl/α,β-unsaturated/α-hetero) is 1. The molecule has 4 rings (SSSR count). The van der Waals surface area contributed by atoms with Gasteiger partial charge in [0.15, 0.2) is 11.6 Å². The molecule has 0 aliphatic carbocycles. The van der Waals surface area contributed by atoms with Crippen LogP contribution in [0.3, 0.4) is 0 Å². The molecule has 2 heterocycles. The summed E-state index contributed by atoms with van der Waals surface area (Å²) in [7, 11) is 0. The highest BCUT2D eigenvalue weighted by Gasteiger charge is 2.58. The molecule has 10 heteroatoms. The summed E-state index contributed by atoms with van der Waals surface area (Å²) in [6.07, 6.45) is 0.710. The van der Waals surface area contributed by atoms with E-state index in [0.717, 1.165) is 16.5 Å². The molecule has 2 aliphatic heterocycles. The smallest absolute Gasteiger partial charge is 0.283 e. The first-order chi connectivity index (χ1) is 14.7. The molecule has 3 amide bonds. The number of nitrogens with one attached hydrogen (secondary N) is 2. The van der Waals surface area contributed by atoms with Gasteiger partial charge in [0.1, 0.15) is 0 Å². The average Bonchev–Trinajstić information content (AvgIpc) is 2.99. The molecule has 2 aliphatic rings. The number of hydrogen-bond acceptors (Lipinski definition) is 5. The molecule has 160 valence electrons. The fraction of sp³-hybridized carbons (Fsp3) is 0.238. The fourth-order valence-corrected chi connectivity index (χ4v) is 3.60. The van der Waals surface area contributed by atoms with Crippen LogP contribution in [-0.2, 0) is 32.1 Å². The number of ketones is 1. The SMILES string of the molecule is O=C1CCc2cc(N3CC(=O)[C@](O)(C(=O)NCc4cccc(F)c4F)C3=O)ccc2N1. The topological polar surface area (TPSA) is 116 Å². The molecule has 1 fully saturated rings. The van der Waals surface area contributed by atoms with Gasteiger partial charge in [0.25, 0.3) is 17.4 Å². The molecule has 1 saturated heterocycles. The Morgan fingerprint density at radius 3 is 2.71 bits per heavy atom. The van der Waals surface area contributed by atoms with E-state index < -0.39 is 47.9 Å². The second-order valence-electron chi connectivity index (χ2n) is 7.31. The van der Waals surface area contributed by atoms with E-state index in [1.807, 2.05) is 0 Å². The van der Waals surface area contributed by atoms with Crippen molar-refractivity contribution in [2.24, 2.45) is 0 Å². The first kappa shape index (κ1) is 20.6. The molecular formula is C21H17F2N3O5. The van der Waals surface area contributed by atoms with Crippen molar-refractivity contribution in [3.8, 4) is 0 Å². The standard InChI is InChI=1S/C21H17F2N3O5/c22-14-3-1-2-12(18(14)23)9-24-19(29)21(31)16(27)10-26(20(21)30)13-5-6-15-11(8-13)4-7-17(28)25-15/h1-3,5-6,8,31H,4,7,9-10H2,(H,24,29)(H,25,28)/t21-/m0/s1. The number of carbonyl (C=O) groups excluding carboxylic acids is 4. The van der Waals surface area contributed by atoms with Crippen molar-refractivity contribution in [2.75, 3.05) is 16.8 Å². The predicted molar refractivity (Wildman–Crippen MR) is 104 cm³/mol. The average molecular weight is 429 g/mol. The number of aliphatic hydroxyl groups is 1. The van der Waals surface area contributed by atoms with Crippen LogP contribution in [0.2, 0.25) is 0 Å². The van der Waals surface area contributed by atoms with Gasteiger partial charge in [-0.2, -0.15) is 0 Å². The lowest BCUT2D eigenvalue weighted by Crippen LogP contribution is -2.56. The van der Waals surface area contributed by atoms with Gasteiger partial charge in [-0.05, 0) is 36.2 Å². The lowest BCUT2D eigenvalue weighted by Gasteiger charge is -2.23. The number of nitrogens with zero attached hydrogens (tertiary/aromatic N) is 1. The van der Waals surface area contributed by atoms with E-state index in [1.54, 1.807) is 12.1 Å². The number of anilines is 2. The molecule has 0 spiro atoms. The van der Waals surface area contributed by atoms with E-state index in [9.17, 15) is 33.1 Å². The monoisotopic (exact) mass is 429 g/mol. The highest BCUT2D eigenvalue weighted by atomic mass is 19.2. The molecule has 0 aromatic heterocycles. The van der Waals surface area contributed by atoms with Gasteiger partial charge in [0, 0.05) is 29.9 Å². The first-order valence-corrected chi connectivity index (χ1v) is 9.43. The van der Waals surface area contributed by atoms with Gasteiger partial charge in [-0.3, -0.25) is 19.2 Å². The lowest BCUT2D eigenvalue weighted by atomic mass is 9.99. The number of hydrogen-bond donors (Lipinski definition) is 3. The Morgan fingerprint density at radius 1 is 1.16 bits per heavy atom. The summed E-state index contributed by atoms with van der Waals surface area (Å²) in [5, 5.41) is 15.4. The minimum atomic E-state index is -2.98. The van der Waals surface area contributed by atoms with Crippen molar-refractivity contribution >= 4 is 34.9 Å². The number of amides is 3. The highest BCUT2D eigenvalue weighted by molar-refractivity contribution is 6.35. The summed E-state index contributed by atoms with van der Waals surface area (Å²) in [5.41, 5.74) is -1.56. The Hall–Kier alpha value is -3.66.